The van der Waals surface area contributed by atoms with E-state index in [1.54, 1.807) is 32.4 Å². The number of aryl methyl sites for hydroxylation is 1. The molecule has 0 radical (unpaired) electrons. The Morgan fingerprint density at radius 2 is 1.78 bits per heavy atom. The van der Waals surface area contributed by atoms with Gasteiger partial charge >= 0.3 is 12.0 Å². The van der Waals surface area contributed by atoms with E-state index in [-0.39, 0.29) is 124 Å². The summed E-state index contributed by atoms with van der Waals surface area (Å²) in [5.74, 6) is -1.65. The highest BCUT2D eigenvalue weighted by molar-refractivity contribution is 7.60. The Balaban J connectivity index is 0.00000397. The molecule has 16 nitrogen and oxygen atoms in total. The number of amides is 4. The van der Waals surface area contributed by atoms with Crippen LogP contribution in [0.25, 0.3) is 33.4 Å². The first kappa shape index (κ1) is 64.2. The van der Waals surface area contributed by atoms with Gasteiger partial charge in [-0.2, -0.15) is 81.0 Å². The van der Waals surface area contributed by atoms with Crippen LogP contribution < -0.4 is 16.5 Å². The number of urea groups is 1. The van der Waals surface area contributed by atoms with Crippen LogP contribution in [0.4, 0.5) is 4.79 Å². The summed E-state index contributed by atoms with van der Waals surface area (Å²) >= 11 is 1.41. The number of esters is 1. The highest BCUT2D eigenvalue weighted by Gasteiger charge is 2.41. The molecule has 0 unspecified atom stereocenters. The number of hydrogen-bond acceptors (Lipinski definition) is 12. The van der Waals surface area contributed by atoms with E-state index >= 15 is 0 Å². The van der Waals surface area contributed by atoms with Gasteiger partial charge in [0.25, 0.3) is 5.91 Å². The molecule has 0 aliphatic carbocycles. The predicted molar refractivity (Wildman–Crippen MR) is 304 cm³/mol. The zero-order valence-electron chi connectivity index (χ0n) is 41.0. The number of hydrazine groups is 1. The van der Waals surface area contributed by atoms with Crippen molar-refractivity contribution in [2.75, 3.05) is 47.5 Å². The summed E-state index contributed by atoms with van der Waals surface area (Å²) in [6.07, 6.45) is 2.91. The molecule has 6 atom stereocenters. The molecule has 1 aromatic carbocycles. The van der Waals surface area contributed by atoms with Gasteiger partial charge in [-0.3, -0.25) is 24.4 Å². The number of pyridine rings is 1. The van der Waals surface area contributed by atoms with E-state index in [9.17, 15) is 19.2 Å². The molecule has 4 N–H and O–H groups in total. The molecule has 69 heavy (non-hydrogen) atoms. The van der Waals surface area contributed by atoms with Gasteiger partial charge in [-0.05, 0) is 68.9 Å². The van der Waals surface area contributed by atoms with E-state index in [4.69, 9.17) is 29.9 Å². The van der Waals surface area contributed by atoms with Gasteiger partial charge in [-0.1, -0.05) is 33.8 Å². The molecular formula is C46H75N9O7S7. The summed E-state index contributed by atoms with van der Waals surface area (Å²) in [6.45, 7) is 13.8. The number of methoxy groups -OCH3 is 2. The number of nitrogens with zero attached hydrogens (tertiary/aromatic N) is 6. The van der Waals surface area contributed by atoms with Crippen molar-refractivity contribution >= 4 is 127 Å². The quantitative estimate of drug-likeness (QED) is 0.177. The Bertz CT molecular complexity index is 2350. The number of ether oxygens (including phenoxy) is 3. The standard InChI is InChI=1S/C46H63N9O7S.6H2S/c1-10-54-36-16-15-28-19-30(36)31(41(54)29-13-11-17-48-39(29)27(4)60-8)21-46(5,6)25-62-44(58)33-14-12-18-55(51-33)43(57)34(20-38-49-35(28)24-63-38)50-42(56)40(26(2)3)52(7)45(59)53-22-32(47)37(23-53)61-9;;;;;;/h11,13,15-17,19,24,26-27,32-34,37,40,51H,10,12,14,18,20-23,25,47H2,1-9H3,(H,50,56);6*1H2/t27-,32-,33-,34-,37-,40-;;;;;;/m0....../s1. The van der Waals surface area contributed by atoms with Crippen molar-refractivity contribution in [2.45, 2.75) is 110 Å². The van der Waals surface area contributed by atoms with Gasteiger partial charge < -0.3 is 39.6 Å². The Labute approximate surface area is 452 Å². The molecule has 2 fully saturated rings. The fraction of sp³-hybridized carbons (Fsp3) is 0.565. The molecule has 0 spiro atoms. The number of benzene rings is 1. The maximum atomic E-state index is 14.6. The Morgan fingerprint density at radius 3 is 2.42 bits per heavy atom. The van der Waals surface area contributed by atoms with E-state index in [0.717, 1.165) is 44.7 Å². The summed E-state index contributed by atoms with van der Waals surface area (Å²) < 4.78 is 19.7. The molecular weight excluding hydrogens is 1020 g/mol. The van der Waals surface area contributed by atoms with Crippen LogP contribution in [0.2, 0.25) is 0 Å². The molecule has 3 aromatic heterocycles. The second-order valence-electron chi connectivity index (χ2n) is 18.2. The van der Waals surface area contributed by atoms with Gasteiger partial charge in [-0.25, -0.2) is 15.2 Å². The third-order valence-electron chi connectivity index (χ3n) is 12.7. The second-order valence-corrected chi connectivity index (χ2v) is 19.1. The highest BCUT2D eigenvalue weighted by Crippen LogP contribution is 2.42. The van der Waals surface area contributed by atoms with Gasteiger partial charge in [0, 0.05) is 86.3 Å². The SMILES string of the molecule is CCn1c(-c2cccnc2[C@H](C)OC)c2c3cc(ccc31)-c1csc(n1)C[C@H](NC(=O)[C@H](C(C)C)N(C)C(=O)N1C[C@H](OC)[C@@H](N)C1)C(=O)N1CCC[C@H](N1)C(=O)OCC(C)(C)C2.S.S.S.S.S.S. The molecule has 6 bridgehead atoms. The number of fused-ring (bicyclic) bond motifs is 6. The maximum Gasteiger partial charge on any atom is 0.324 e. The lowest BCUT2D eigenvalue weighted by Crippen LogP contribution is -2.62. The molecule has 2 saturated heterocycles. The first-order chi connectivity index (χ1) is 30.0. The van der Waals surface area contributed by atoms with Gasteiger partial charge in [0.05, 0.1) is 53.5 Å². The van der Waals surface area contributed by atoms with Crippen LogP contribution in [0, 0.1) is 11.3 Å². The fourth-order valence-electron chi connectivity index (χ4n) is 9.29. The summed E-state index contributed by atoms with van der Waals surface area (Å²) in [6, 6.07) is 6.96. The number of carbonyl (C=O) groups excluding carboxylic acids is 4. The number of nitrogens with two attached hydrogens (primary N) is 1. The van der Waals surface area contributed by atoms with E-state index in [1.165, 1.54) is 21.2 Å². The minimum atomic E-state index is -1.07. The summed E-state index contributed by atoms with van der Waals surface area (Å²) in [5.41, 5.74) is 15.5. The average molecular weight is 1090 g/mol. The number of rotatable bonds is 9. The topological polar surface area (TPSA) is 186 Å². The van der Waals surface area contributed by atoms with Crippen LogP contribution in [0.1, 0.15) is 76.8 Å². The molecule has 6 heterocycles. The zero-order chi connectivity index (χ0) is 45.3. The predicted octanol–water partition coefficient (Wildman–Crippen LogP) is 5.61. The van der Waals surface area contributed by atoms with Crippen LogP contribution in [-0.4, -0.2) is 131 Å². The lowest BCUT2D eigenvalue weighted by Gasteiger charge is -2.37. The van der Waals surface area contributed by atoms with Crippen molar-refractivity contribution < 1.29 is 33.4 Å². The third-order valence-corrected chi connectivity index (χ3v) is 13.5. The molecule has 388 valence electrons. The van der Waals surface area contributed by atoms with Crippen LogP contribution in [0.5, 0.6) is 0 Å². The number of cyclic esters (lactones) is 1. The second kappa shape index (κ2) is 27.3. The monoisotopic (exact) mass is 1090 g/mol. The molecule has 23 heteroatoms. The van der Waals surface area contributed by atoms with Crippen LogP contribution in [0.15, 0.2) is 41.9 Å². The smallest absolute Gasteiger partial charge is 0.324 e. The number of hydrogen-bond donors (Lipinski definition) is 3. The van der Waals surface area contributed by atoms with Crippen molar-refractivity contribution in [1.29, 1.82) is 0 Å². The Morgan fingerprint density at radius 1 is 1.07 bits per heavy atom. The molecule has 0 saturated carbocycles. The Kier molecular flexibility index (Phi) is 25.4. The van der Waals surface area contributed by atoms with Crippen LogP contribution in [-0.2, 0) is 48.0 Å². The highest BCUT2D eigenvalue weighted by atomic mass is 32.1. The number of thiazole rings is 1. The van der Waals surface area contributed by atoms with Crippen LogP contribution in [0.3, 0.4) is 0 Å². The molecule has 4 aromatic rings. The third kappa shape index (κ3) is 13.8. The molecule has 7 rings (SSSR count). The summed E-state index contributed by atoms with van der Waals surface area (Å²) in [5, 5.41) is 8.11. The number of carbonyl (C=O) groups is 4. The van der Waals surface area contributed by atoms with Gasteiger partial charge in [0.15, 0.2) is 0 Å². The zero-order valence-corrected chi connectivity index (χ0v) is 47.8. The van der Waals surface area contributed by atoms with E-state index in [0.29, 0.717) is 50.4 Å². The van der Waals surface area contributed by atoms with Gasteiger partial charge in [0.1, 0.15) is 18.1 Å². The number of likely N-dealkylation sites (N-methyl/N-ethyl adjacent to an activating group) is 1. The van der Waals surface area contributed by atoms with Gasteiger partial charge in [-0.15, -0.1) is 11.3 Å². The lowest BCUT2D eigenvalue weighted by molar-refractivity contribution is -0.155. The normalized spacial score (nSPS) is 20.8. The Hall–Kier alpha value is -2.84. The minimum absolute atomic E-state index is 0. The minimum Gasteiger partial charge on any atom is -0.464 e. The number of nitrogens with one attached hydrogen (secondary N) is 2. The largest absolute Gasteiger partial charge is 0.464 e. The van der Waals surface area contributed by atoms with E-state index in [2.05, 4.69) is 60.3 Å². The molecule has 3 aliphatic rings. The fourth-order valence-corrected chi connectivity index (χ4v) is 10.1. The molecule has 4 amide bonds. The first-order valence-electron chi connectivity index (χ1n) is 22.0. The molecule has 3 aliphatic heterocycles. The van der Waals surface area contributed by atoms with E-state index in [1.807, 2.05) is 32.2 Å². The number of aromatic nitrogens is 3. The van der Waals surface area contributed by atoms with Crippen molar-refractivity contribution in [3.63, 3.8) is 0 Å². The van der Waals surface area contributed by atoms with Crippen LogP contribution >= 0.6 is 92.3 Å². The van der Waals surface area contributed by atoms with Crippen molar-refractivity contribution in [2.24, 2.45) is 17.1 Å². The first-order valence-corrected chi connectivity index (χ1v) is 22.9. The average Bonchev–Trinajstić information content (AvgIpc) is 3.98. The van der Waals surface area contributed by atoms with Crippen molar-refractivity contribution in [1.82, 2.24) is 40.1 Å². The summed E-state index contributed by atoms with van der Waals surface area (Å²) in [4.78, 5) is 69.5. The maximum absolute atomic E-state index is 14.6. The summed E-state index contributed by atoms with van der Waals surface area (Å²) in [7, 11) is 4.84. The number of likely N-dealkylation sites (tertiary alicyclic amines) is 1. The van der Waals surface area contributed by atoms with Crippen molar-refractivity contribution in [3.05, 3.63) is 58.2 Å². The van der Waals surface area contributed by atoms with E-state index < -0.39 is 41.3 Å². The lowest BCUT2D eigenvalue weighted by atomic mass is 9.84. The van der Waals surface area contributed by atoms with Gasteiger partial charge in [0.2, 0.25) is 5.91 Å². The van der Waals surface area contributed by atoms with Crippen molar-refractivity contribution in [3.8, 4) is 22.5 Å².